The van der Waals surface area contributed by atoms with Crippen LogP contribution >= 0.6 is 11.6 Å². The van der Waals surface area contributed by atoms with Gasteiger partial charge in [-0.15, -0.1) is 0 Å². The van der Waals surface area contributed by atoms with Gasteiger partial charge in [0.1, 0.15) is 11.6 Å². The van der Waals surface area contributed by atoms with Crippen LogP contribution in [0.1, 0.15) is 18.5 Å². The van der Waals surface area contributed by atoms with Crippen LogP contribution in [-0.4, -0.2) is 4.98 Å². The minimum atomic E-state index is -0.231. The maximum atomic E-state index is 12.8. The standard InChI is InChI=1S/C13H12ClFN2/c1-9(10-2-5-12(15)6-3-10)17-13-7-4-11(14)8-16-13/h2-9H,1H3,(H,16,17). The van der Waals surface area contributed by atoms with Crippen molar-refractivity contribution in [1.29, 1.82) is 0 Å². The summed E-state index contributed by atoms with van der Waals surface area (Å²) >= 11 is 5.75. The van der Waals surface area contributed by atoms with Crippen molar-refractivity contribution in [2.75, 3.05) is 5.32 Å². The third kappa shape index (κ3) is 3.17. The molecule has 0 fully saturated rings. The fourth-order valence-corrected chi connectivity index (χ4v) is 1.63. The summed E-state index contributed by atoms with van der Waals surface area (Å²) in [6.45, 7) is 1.99. The minimum absolute atomic E-state index is 0.0595. The van der Waals surface area contributed by atoms with Gasteiger partial charge in [0.25, 0.3) is 0 Å². The molecule has 0 aliphatic carbocycles. The van der Waals surface area contributed by atoms with Gasteiger partial charge in [-0.1, -0.05) is 23.7 Å². The smallest absolute Gasteiger partial charge is 0.126 e. The lowest BCUT2D eigenvalue weighted by molar-refractivity contribution is 0.626. The second kappa shape index (κ2) is 5.15. The second-order valence-electron chi connectivity index (χ2n) is 3.78. The van der Waals surface area contributed by atoms with Crippen LogP contribution < -0.4 is 5.32 Å². The van der Waals surface area contributed by atoms with E-state index in [-0.39, 0.29) is 11.9 Å². The number of hydrogen-bond donors (Lipinski definition) is 1. The van der Waals surface area contributed by atoms with Crippen LogP contribution in [0.5, 0.6) is 0 Å². The number of halogens is 2. The van der Waals surface area contributed by atoms with Crippen molar-refractivity contribution in [3.05, 3.63) is 59.0 Å². The number of pyridine rings is 1. The van der Waals surface area contributed by atoms with Crippen LogP contribution in [0.25, 0.3) is 0 Å². The van der Waals surface area contributed by atoms with Gasteiger partial charge >= 0.3 is 0 Å². The molecule has 0 amide bonds. The average molecular weight is 251 g/mol. The van der Waals surface area contributed by atoms with Gasteiger partial charge in [0.2, 0.25) is 0 Å². The van der Waals surface area contributed by atoms with Gasteiger partial charge in [-0.25, -0.2) is 9.37 Å². The predicted octanol–water partition coefficient (Wildman–Crippen LogP) is 4.05. The molecule has 0 aliphatic rings. The molecule has 4 heteroatoms. The molecular weight excluding hydrogens is 239 g/mol. The van der Waals surface area contributed by atoms with Gasteiger partial charge in [-0.05, 0) is 36.8 Å². The third-order valence-corrected chi connectivity index (χ3v) is 2.69. The lowest BCUT2D eigenvalue weighted by Crippen LogP contribution is -2.07. The van der Waals surface area contributed by atoms with E-state index < -0.39 is 0 Å². The van der Waals surface area contributed by atoms with E-state index in [1.54, 1.807) is 24.4 Å². The summed E-state index contributed by atoms with van der Waals surface area (Å²) in [4.78, 5) is 4.14. The van der Waals surface area contributed by atoms with Crippen LogP contribution in [0.15, 0.2) is 42.6 Å². The van der Waals surface area contributed by atoms with Crippen molar-refractivity contribution in [2.45, 2.75) is 13.0 Å². The highest BCUT2D eigenvalue weighted by atomic mass is 35.5. The summed E-state index contributed by atoms with van der Waals surface area (Å²) in [5, 5.41) is 3.81. The van der Waals surface area contributed by atoms with Crippen LogP contribution in [0.4, 0.5) is 10.2 Å². The van der Waals surface area contributed by atoms with E-state index in [1.165, 1.54) is 12.1 Å². The van der Waals surface area contributed by atoms with E-state index in [9.17, 15) is 4.39 Å². The summed E-state index contributed by atoms with van der Waals surface area (Å²) in [5.41, 5.74) is 1.00. The second-order valence-corrected chi connectivity index (χ2v) is 4.22. The number of anilines is 1. The molecule has 1 heterocycles. The Kier molecular flexibility index (Phi) is 3.59. The Balaban J connectivity index is 2.08. The van der Waals surface area contributed by atoms with E-state index in [2.05, 4.69) is 10.3 Å². The van der Waals surface area contributed by atoms with Crippen LogP contribution in [0, 0.1) is 5.82 Å². The zero-order valence-corrected chi connectivity index (χ0v) is 10.1. The summed E-state index contributed by atoms with van der Waals surface area (Å²) in [5.74, 6) is 0.511. The van der Waals surface area contributed by atoms with E-state index in [0.29, 0.717) is 5.02 Å². The highest BCUT2D eigenvalue weighted by molar-refractivity contribution is 6.30. The van der Waals surface area contributed by atoms with E-state index in [1.807, 2.05) is 13.0 Å². The predicted molar refractivity (Wildman–Crippen MR) is 67.7 cm³/mol. The molecule has 1 aromatic carbocycles. The third-order valence-electron chi connectivity index (χ3n) is 2.46. The highest BCUT2D eigenvalue weighted by Crippen LogP contribution is 2.18. The van der Waals surface area contributed by atoms with E-state index in [0.717, 1.165) is 11.4 Å². The lowest BCUT2D eigenvalue weighted by Gasteiger charge is -2.14. The summed E-state index contributed by atoms with van der Waals surface area (Å²) < 4.78 is 12.8. The van der Waals surface area contributed by atoms with Crippen molar-refractivity contribution >= 4 is 17.4 Å². The molecule has 0 bridgehead atoms. The highest BCUT2D eigenvalue weighted by Gasteiger charge is 2.05. The molecule has 1 aromatic heterocycles. The topological polar surface area (TPSA) is 24.9 Å². The Morgan fingerprint density at radius 2 is 1.88 bits per heavy atom. The Morgan fingerprint density at radius 1 is 1.18 bits per heavy atom. The molecule has 2 rings (SSSR count). The monoisotopic (exact) mass is 250 g/mol. The van der Waals surface area contributed by atoms with Gasteiger partial charge in [-0.3, -0.25) is 0 Å². The van der Waals surface area contributed by atoms with Gasteiger partial charge in [0, 0.05) is 12.2 Å². The summed E-state index contributed by atoms with van der Waals surface area (Å²) in [7, 11) is 0. The molecule has 2 nitrogen and oxygen atoms in total. The van der Waals surface area contributed by atoms with Crippen LogP contribution in [-0.2, 0) is 0 Å². The molecule has 2 aromatic rings. The SMILES string of the molecule is CC(Nc1ccc(Cl)cn1)c1ccc(F)cc1. The van der Waals surface area contributed by atoms with Crippen molar-refractivity contribution in [1.82, 2.24) is 4.98 Å². The normalized spacial score (nSPS) is 12.2. The molecule has 0 saturated carbocycles. The average Bonchev–Trinajstić information content (AvgIpc) is 2.33. The fourth-order valence-electron chi connectivity index (χ4n) is 1.52. The van der Waals surface area contributed by atoms with Gasteiger partial charge in [-0.2, -0.15) is 0 Å². The van der Waals surface area contributed by atoms with E-state index in [4.69, 9.17) is 11.6 Å². The molecule has 17 heavy (non-hydrogen) atoms. The first-order valence-electron chi connectivity index (χ1n) is 5.29. The zero-order chi connectivity index (χ0) is 12.3. The number of hydrogen-bond acceptors (Lipinski definition) is 2. The first-order valence-corrected chi connectivity index (χ1v) is 5.66. The summed E-state index contributed by atoms with van der Waals surface area (Å²) in [6, 6.07) is 10.0. The molecular formula is C13H12ClFN2. The molecule has 0 spiro atoms. The largest absolute Gasteiger partial charge is 0.364 e. The van der Waals surface area contributed by atoms with Gasteiger partial charge in [0.15, 0.2) is 0 Å². The number of nitrogens with zero attached hydrogens (tertiary/aromatic N) is 1. The van der Waals surface area contributed by atoms with Crippen LogP contribution in [0.3, 0.4) is 0 Å². The quantitative estimate of drug-likeness (QED) is 0.889. The zero-order valence-electron chi connectivity index (χ0n) is 9.32. The Morgan fingerprint density at radius 3 is 2.47 bits per heavy atom. The van der Waals surface area contributed by atoms with Gasteiger partial charge in [0.05, 0.1) is 5.02 Å². The Bertz CT molecular complexity index is 482. The maximum absolute atomic E-state index is 12.8. The minimum Gasteiger partial charge on any atom is -0.364 e. The number of aromatic nitrogens is 1. The maximum Gasteiger partial charge on any atom is 0.126 e. The number of benzene rings is 1. The fraction of sp³-hybridized carbons (Fsp3) is 0.154. The van der Waals surface area contributed by atoms with E-state index >= 15 is 0 Å². The Hall–Kier alpha value is -1.61. The lowest BCUT2D eigenvalue weighted by atomic mass is 10.1. The first-order chi connectivity index (χ1) is 8.15. The van der Waals surface area contributed by atoms with Crippen LogP contribution in [0.2, 0.25) is 5.02 Å². The van der Waals surface area contributed by atoms with Crippen molar-refractivity contribution < 1.29 is 4.39 Å². The molecule has 88 valence electrons. The number of nitrogens with one attached hydrogen (secondary N) is 1. The molecule has 1 unspecified atom stereocenters. The first kappa shape index (κ1) is 11.9. The van der Waals surface area contributed by atoms with Crippen molar-refractivity contribution in [3.8, 4) is 0 Å². The molecule has 1 N–H and O–H groups in total. The molecule has 0 aliphatic heterocycles. The number of rotatable bonds is 3. The van der Waals surface area contributed by atoms with Crippen molar-refractivity contribution in [2.24, 2.45) is 0 Å². The molecule has 0 saturated heterocycles. The summed E-state index contributed by atoms with van der Waals surface area (Å²) in [6.07, 6.45) is 1.58. The van der Waals surface area contributed by atoms with Gasteiger partial charge < -0.3 is 5.32 Å². The molecule has 0 radical (unpaired) electrons. The molecule has 1 atom stereocenters. The Labute approximate surface area is 104 Å². The van der Waals surface area contributed by atoms with Crippen molar-refractivity contribution in [3.63, 3.8) is 0 Å².